The number of amides is 1. The van der Waals surface area contributed by atoms with Gasteiger partial charge in [-0.1, -0.05) is 23.7 Å². The van der Waals surface area contributed by atoms with Crippen LogP contribution in [0.2, 0.25) is 5.02 Å². The maximum atomic E-state index is 11.6. The van der Waals surface area contributed by atoms with Crippen molar-refractivity contribution in [2.75, 3.05) is 6.54 Å². The van der Waals surface area contributed by atoms with E-state index < -0.39 is 0 Å². The first-order valence-electron chi connectivity index (χ1n) is 6.30. The molecule has 2 aromatic rings. The molecule has 20 heavy (non-hydrogen) atoms. The smallest absolute Gasteiger partial charge is 0.243 e. The zero-order valence-corrected chi connectivity index (χ0v) is 11.6. The van der Waals surface area contributed by atoms with E-state index in [0.717, 1.165) is 24.2 Å². The molecular formula is C14H15ClN4O. The first-order chi connectivity index (χ1) is 9.74. The fraction of sp³-hybridized carbons (Fsp3) is 0.214. The van der Waals surface area contributed by atoms with Crippen molar-refractivity contribution in [1.29, 1.82) is 0 Å². The summed E-state index contributed by atoms with van der Waals surface area (Å²) in [6, 6.07) is 7.33. The van der Waals surface area contributed by atoms with Gasteiger partial charge in [0.25, 0.3) is 0 Å². The molecule has 0 spiro atoms. The van der Waals surface area contributed by atoms with E-state index in [1.54, 1.807) is 18.2 Å². The monoisotopic (exact) mass is 290 g/mol. The number of hydrogen-bond acceptors (Lipinski definition) is 3. The van der Waals surface area contributed by atoms with Crippen LogP contribution in [0.25, 0.3) is 6.08 Å². The van der Waals surface area contributed by atoms with Crippen LogP contribution in [0.4, 0.5) is 0 Å². The van der Waals surface area contributed by atoms with Gasteiger partial charge in [0, 0.05) is 24.1 Å². The van der Waals surface area contributed by atoms with Crippen molar-refractivity contribution < 1.29 is 4.79 Å². The third-order valence-corrected chi connectivity index (χ3v) is 2.87. The van der Waals surface area contributed by atoms with Gasteiger partial charge in [-0.15, -0.1) is 0 Å². The number of aromatic nitrogens is 3. The van der Waals surface area contributed by atoms with Crippen molar-refractivity contribution in [1.82, 2.24) is 20.5 Å². The third kappa shape index (κ3) is 4.85. The Morgan fingerprint density at radius 1 is 1.45 bits per heavy atom. The number of aromatic amines is 1. The van der Waals surface area contributed by atoms with Gasteiger partial charge in [-0.25, -0.2) is 4.98 Å². The normalized spacial score (nSPS) is 10.8. The number of H-pyrrole nitrogens is 1. The molecule has 1 heterocycles. The Kier molecular flexibility index (Phi) is 5.32. The van der Waals surface area contributed by atoms with Gasteiger partial charge < -0.3 is 5.32 Å². The molecule has 2 rings (SSSR count). The molecule has 0 fully saturated rings. The lowest BCUT2D eigenvalue weighted by atomic mass is 10.2. The standard InChI is InChI=1S/C14H15ClN4O/c15-12-4-1-3-11(9-12)6-7-14(20)16-8-2-5-13-17-10-18-19-13/h1,3-4,6-7,9-10H,2,5,8H2,(H,16,20)(H,17,18,19). The van der Waals surface area contributed by atoms with Crippen LogP contribution in [0.1, 0.15) is 17.8 Å². The molecule has 0 atom stereocenters. The molecule has 0 aliphatic heterocycles. The van der Waals surface area contributed by atoms with E-state index in [1.807, 2.05) is 12.1 Å². The van der Waals surface area contributed by atoms with E-state index in [-0.39, 0.29) is 5.91 Å². The van der Waals surface area contributed by atoms with E-state index in [0.29, 0.717) is 11.6 Å². The maximum absolute atomic E-state index is 11.6. The van der Waals surface area contributed by atoms with Crippen LogP contribution in [0.5, 0.6) is 0 Å². The molecule has 0 aliphatic carbocycles. The average Bonchev–Trinajstić information content (AvgIpc) is 2.95. The van der Waals surface area contributed by atoms with E-state index in [2.05, 4.69) is 20.5 Å². The van der Waals surface area contributed by atoms with Crippen LogP contribution in [-0.4, -0.2) is 27.6 Å². The molecule has 2 N–H and O–H groups in total. The number of carbonyl (C=O) groups is 1. The molecule has 1 aromatic heterocycles. The highest BCUT2D eigenvalue weighted by Gasteiger charge is 1.98. The molecule has 1 amide bonds. The van der Waals surface area contributed by atoms with Gasteiger partial charge in [0.05, 0.1) is 0 Å². The summed E-state index contributed by atoms with van der Waals surface area (Å²) in [6.45, 7) is 0.597. The van der Waals surface area contributed by atoms with Crippen molar-refractivity contribution in [3.8, 4) is 0 Å². The summed E-state index contributed by atoms with van der Waals surface area (Å²) >= 11 is 5.86. The van der Waals surface area contributed by atoms with Crippen molar-refractivity contribution in [2.45, 2.75) is 12.8 Å². The van der Waals surface area contributed by atoms with Crippen LogP contribution in [-0.2, 0) is 11.2 Å². The summed E-state index contributed by atoms with van der Waals surface area (Å²) in [4.78, 5) is 15.6. The quantitative estimate of drug-likeness (QED) is 0.633. The number of carbonyl (C=O) groups excluding carboxylic acids is 1. The zero-order valence-electron chi connectivity index (χ0n) is 10.8. The number of halogens is 1. The molecule has 6 heteroatoms. The summed E-state index contributed by atoms with van der Waals surface area (Å²) < 4.78 is 0. The molecule has 0 unspecified atom stereocenters. The number of benzene rings is 1. The Hall–Kier alpha value is -2.14. The second-order valence-electron chi connectivity index (χ2n) is 4.22. The van der Waals surface area contributed by atoms with Crippen molar-refractivity contribution in [3.63, 3.8) is 0 Å². The molecule has 0 saturated carbocycles. The van der Waals surface area contributed by atoms with E-state index in [9.17, 15) is 4.79 Å². The first kappa shape index (κ1) is 14.3. The van der Waals surface area contributed by atoms with Crippen LogP contribution in [0.3, 0.4) is 0 Å². The molecule has 1 aromatic carbocycles. The van der Waals surface area contributed by atoms with Crippen molar-refractivity contribution in [2.24, 2.45) is 0 Å². The topological polar surface area (TPSA) is 70.7 Å². The van der Waals surface area contributed by atoms with Gasteiger partial charge in [-0.3, -0.25) is 9.89 Å². The molecule has 104 valence electrons. The van der Waals surface area contributed by atoms with Gasteiger partial charge in [0.15, 0.2) is 0 Å². The maximum Gasteiger partial charge on any atom is 0.243 e. The Bertz CT molecular complexity index is 581. The highest BCUT2D eigenvalue weighted by molar-refractivity contribution is 6.30. The lowest BCUT2D eigenvalue weighted by Gasteiger charge is -2.00. The molecule has 0 bridgehead atoms. The van der Waals surface area contributed by atoms with Crippen molar-refractivity contribution in [3.05, 3.63) is 53.1 Å². The second kappa shape index (κ2) is 7.45. The molecule has 0 saturated heterocycles. The predicted molar refractivity (Wildman–Crippen MR) is 78.2 cm³/mol. The highest BCUT2D eigenvalue weighted by Crippen LogP contribution is 2.11. The summed E-state index contributed by atoms with van der Waals surface area (Å²) in [7, 11) is 0. The SMILES string of the molecule is O=C(C=Cc1cccc(Cl)c1)NCCCc1ncn[nH]1. The summed E-state index contributed by atoms with van der Waals surface area (Å²) in [5.41, 5.74) is 0.898. The Labute approximate surface area is 122 Å². The Balaban J connectivity index is 1.70. The predicted octanol–water partition coefficient (Wildman–Crippen LogP) is 2.22. The number of nitrogens with zero attached hydrogens (tertiary/aromatic N) is 2. The van der Waals surface area contributed by atoms with Gasteiger partial charge in [0.1, 0.15) is 12.2 Å². The third-order valence-electron chi connectivity index (χ3n) is 2.63. The van der Waals surface area contributed by atoms with Gasteiger partial charge in [-0.2, -0.15) is 5.10 Å². The van der Waals surface area contributed by atoms with Crippen LogP contribution < -0.4 is 5.32 Å². The van der Waals surface area contributed by atoms with Gasteiger partial charge >= 0.3 is 0 Å². The van der Waals surface area contributed by atoms with Crippen molar-refractivity contribution >= 4 is 23.6 Å². The molecule has 0 radical (unpaired) electrons. The Morgan fingerprint density at radius 3 is 3.10 bits per heavy atom. The zero-order chi connectivity index (χ0) is 14.2. The van der Waals surface area contributed by atoms with E-state index >= 15 is 0 Å². The minimum atomic E-state index is -0.123. The summed E-state index contributed by atoms with van der Waals surface area (Å²) in [5, 5.41) is 10.00. The fourth-order valence-corrected chi connectivity index (χ4v) is 1.86. The van der Waals surface area contributed by atoms with Crippen LogP contribution in [0, 0.1) is 0 Å². The average molecular weight is 291 g/mol. The molecule has 0 aliphatic rings. The fourth-order valence-electron chi connectivity index (χ4n) is 1.66. The lowest BCUT2D eigenvalue weighted by molar-refractivity contribution is -0.116. The van der Waals surface area contributed by atoms with Crippen LogP contribution in [0.15, 0.2) is 36.7 Å². The van der Waals surface area contributed by atoms with E-state index in [4.69, 9.17) is 11.6 Å². The minimum Gasteiger partial charge on any atom is -0.353 e. The number of nitrogens with one attached hydrogen (secondary N) is 2. The van der Waals surface area contributed by atoms with Crippen LogP contribution >= 0.6 is 11.6 Å². The van der Waals surface area contributed by atoms with Gasteiger partial charge in [-0.05, 0) is 30.2 Å². The number of hydrogen-bond donors (Lipinski definition) is 2. The Morgan fingerprint density at radius 2 is 2.35 bits per heavy atom. The molecule has 5 nitrogen and oxygen atoms in total. The van der Waals surface area contributed by atoms with Gasteiger partial charge in [0.2, 0.25) is 5.91 Å². The number of rotatable bonds is 6. The first-order valence-corrected chi connectivity index (χ1v) is 6.67. The molecular weight excluding hydrogens is 276 g/mol. The lowest BCUT2D eigenvalue weighted by Crippen LogP contribution is -2.22. The second-order valence-corrected chi connectivity index (χ2v) is 4.65. The summed E-state index contributed by atoms with van der Waals surface area (Å²) in [5.74, 6) is 0.705. The van der Waals surface area contributed by atoms with E-state index in [1.165, 1.54) is 12.4 Å². The summed E-state index contributed by atoms with van der Waals surface area (Å²) in [6.07, 6.45) is 6.28. The number of aryl methyl sites for hydroxylation is 1. The largest absolute Gasteiger partial charge is 0.353 e. The highest BCUT2D eigenvalue weighted by atomic mass is 35.5. The minimum absolute atomic E-state index is 0.123.